The first kappa shape index (κ1) is 15.2. The van der Waals surface area contributed by atoms with Gasteiger partial charge in [-0.1, -0.05) is 29.8 Å². The first-order valence-corrected chi connectivity index (χ1v) is 8.52. The molecule has 1 heterocycles. The topological polar surface area (TPSA) is 51.5 Å². The van der Waals surface area contributed by atoms with E-state index in [0.717, 1.165) is 16.2 Å². The van der Waals surface area contributed by atoms with E-state index in [9.17, 15) is 8.42 Å². The number of thiazole rings is 1. The number of quaternary nitrogens is 1. The van der Waals surface area contributed by atoms with Crippen molar-refractivity contribution < 1.29 is 13.3 Å². The maximum Gasteiger partial charge on any atom is 0.213 e. The number of halogens is 1. The summed E-state index contributed by atoms with van der Waals surface area (Å²) in [5.41, 5.74) is 0. The molecule has 106 valence electrons. The van der Waals surface area contributed by atoms with E-state index in [1.54, 1.807) is 36.5 Å². The van der Waals surface area contributed by atoms with Gasteiger partial charge in [0.15, 0.2) is 4.47 Å². The summed E-state index contributed by atoms with van der Waals surface area (Å²) in [7, 11) is 0.117. The van der Waals surface area contributed by atoms with E-state index in [4.69, 9.17) is 11.6 Å². The van der Waals surface area contributed by atoms with Gasteiger partial charge in [0.25, 0.3) is 0 Å². The van der Waals surface area contributed by atoms with Crippen LogP contribution in [0.3, 0.4) is 0 Å². The van der Waals surface area contributed by atoms with Gasteiger partial charge >= 0.3 is 0 Å². The van der Waals surface area contributed by atoms with E-state index in [1.165, 1.54) is 6.20 Å². The van der Waals surface area contributed by atoms with Gasteiger partial charge in [-0.3, -0.25) is 0 Å². The van der Waals surface area contributed by atoms with E-state index in [0.29, 0.717) is 9.34 Å². The van der Waals surface area contributed by atoms with Gasteiger partial charge in [0.05, 0.1) is 23.9 Å². The van der Waals surface area contributed by atoms with Crippen LogP contribution < -0.4 is 4.90 Å². The summed E-state index contributed by atoms with van der Waals surface area (Å²) < 4.78 is 25.8. The minimum absolute atomic E-state index is 0.230. The minimum Gasteiger partial charge on any atom is -0.312 e. The van der Waals surface area contributed by atoms with Crippen molar-refractivity contribution in [2.24, 2.45) is 0 Å². The number of hydrogen-bond acceptors (Lipinski definition) is 4. The lowest BCUT2D eigenvalue weighted by molar-refractivity contribution is -0.800. The maximum absolute atomic E-state index is 12.7. The number of nitrogens with zero attached hydrogens (tertiary/aromatic N) is 1. The van der Waals surface area contributed by atoms with Gasteiger partial charge in [-0.2, -0.15) is 0 Å². The summed E-state index contributed by atoms with van der Waals surface area (Å²) in [6.07, 6.45) is 3.13. The summed E-state index contributed by atoms with van der Waals surface area (Å²) in [4.78, 5) is 5.85. The second-order valence-corrected chi connectivity index (χ2v) is 7.91. The molecular weight excluding hydrogens is 316 g/mol. The lowest BCUT2D eigenvalue weighted by atomic mass is 10.4. The molecule has 0 unspecified atom stereocenters. The van der Waals surface area contributed by atoms with Crippen molar-refractivity contribution >= 4 is 37.7 Å². The van der Waals surface area contributed by atoms with Gasteiger partial charge in [-0.05, 0) is 12.1 Å². The molecule has 0 amide bonds. The molecule has 4 nitrogen and oxygen atoms in total. The largest absolute Gasteiger partial charge is 0.312 e. The van der Waals surface area contributed by atoms with E-state index in [2.05, 4.69) is 4.98 Å². The molecule has 1 aromatic carbocycles. The standard InChI is InChI=1S/C13H13ClN2O2S2/c1-16(2)9-12(11-8-15-13(14)19-11)20(17,18)10-6-4-3-5-7-10/h3-9H,1-2H3/p+1/b12-9+. The molecule has 0 saturated heterocycles. The lowest BCUT2D eigenvalue weighted by Gasteiger charge is -2.08. The van der Waals surface area contributed by atoms with Gasteiger partial charge in [0.2, 0.25) is 9.84 Å². The van der Waals surface area contributed by atoms with Crippen LogP contribution in [-0.4, -0.2) is 27.5 Å². The monoisotopic (exact) mass is 329 g/mol. The number of aromatic nitrogens is 1. The summed E-state index contributed by atoms with van der Waals surface area (Å²) in [5, 5.41) is 0. The molecule has 1 N–H and O–H groups in total. The SMILES string of the molecule is C[NH+](C)/C=C(\c1cnc(Cl)s1)S(=O)(=O)c1ccccc1. The van der Waals surface area contributed by atoms with Crippen molar-refractivity contribution in [2.75, 3.05) is 14.1 Å². The molecule has 0 spiro atoms. The molecule has 0 bridgehead atoms. The Morgan fingerprint density at radius 1 is 1.30 bits per heavy atom. The summed E-state index contributed by atoms with van der Waals surface area (Å²) in [5.74, 6) is 0. The highest BCUT2D eigenvalue weighted by Crippen LogP contribution is 2.31. The zero-order valence-electron chi connectivity index (χ0n) is 11.0. The molecular formula is C13H14ClN2O2S2+. The van der Waals surface area contributed by atoms with Crippen LogP contribution in [-0.2, 0) is 9.84 Å². The van der Waals surface area contributed by atoms with Crippen molar-refractivity contribution in [3.63, 3.8) is 0 Å². The third-order valence-corrected chi connectivity index (χ3v) is 5.57. The number of sulfone groups is 1. The molecule has 0 fully saturated rings. The molecule has 2 aromatic rings. The zero-order valence-corrected chi connectivity index (χ0v) is 13.4. The van der Waals surface area contributed by atoms with Gasteiger partial charge in [-0.15, -0.1) is 11.3 Å². The van der Waals surface area contributed by atoms with Gasteiger partial charge in [0.1, 0.15) is 11.1 Å². The summed E-state index contributed by atoms with van der Waals surface area (Å²) >= 11 is 6.97. The molecule has 20 heavy (non-hydrogen) atoms. The Balaban J connectivity index is 2.59. The fourth-order valence-electron chi connectivity index (χ4n) is 1.64. The lowest BCUT2D eigenvalue weighted by Crippen LogP contribution is -3.00. The molecule has 0 aliphatic carbocycles. The third-order valence-electron chi connectivity index (χ3n) is 2.48. The number of benzene rings is 1. The highest BCUT2D eigenvalue weighted by atomic mass is 35.5. The summed E-state index contributed by atoms with van der Waals surface area (Å²) in [6, 6.07) is 8.34. The number of nitrogens with one attached hydrogen (secondary N) is 1. The molecule has 0 aliphatic heterocycles. The Labute approximate surface area is 127 Å². The first-order chi connectivity index (χ1) is 9.41. The summed E-state index contributed by atoms with van der Waals surface area (Å²) in [6.45, 7) is 0. The van der Waals surface area contributed by atoms with Crippen LogP contribution in [0.15, 0.2) is 47.6 Å². The van der Waals surface area contributed by atoms with E-state index >= 15 is 0 Å². The Morgan fingerprint density at radius 2 is 1.95 bits per heavy atom. The highest BCUT2D eigenvalue weighted by Gasteiger charge is 2.26. The van der Waals surface area contributed by atoms with Gasteiger partial charge < -0.3 is 4.90 Å². The first-order valence-electron chi connectivity index (χ1n) is 5.85. The molecule has 0 radical (unpaired) electrons. The average molecular weight is 330 g/mol. The quantitative estimate of drug-likeness (QED) is 0.929. The van der Waals surface area contributed by atoms with Crippen molar-refractivity contribution in [3.8, 4) is 0 Å². The fourth-order valence-corrected chi connectivity index (χ4v) is 4.42. The fraction of sp³-hybridized carbons (Fsp3) is 0.154. The van der Waals surface area contributed by atoms with Crippen LogP contribution in [0.2, 0.25) is 4.47 Å². The molecule has 1 aromatic heterocycles. The Morgan fingerprint density at radius 3 is 2.45 bits per heavy atom. The van der Waals surface area contributed by atoms with E-state index < -0.39 is 9.84 Å². The van der Waals surface area contributed by atoms with Crippen LogP contribution in [0.25, 0.3) is 4.91 Å². The highest BCUT2D eigenvalue weighted by molar-refractivity contribution is 8.00. The predicted octanol–water partition coefficient (Wildman–Crippen LogP) is 1.71. The Hall–Kier alpha value is -1.21. The third kappa shape index (κ3) is 3.27. The zero-order chi connectivity index (χ0) is 14.8. The number of hydrogen-bond donors (Lipinski definition) is 1. The van der Waals surface area contributed by atoms with Crippen molar-refractivity contribution in [1.82, 2.24) is 4.98 Å². The van der Waals surface area contributed by atoms with Crippen LogP contribution in [0.1, 0.15) is 4.88 Å². The molecule has 2 rings (SSSR count). The van der Waals surface area contributed by atoms with Crippen LogP contribution >= 0.6 is 22.9 Å². The molecule has 0 atom stereocenters. The van der Waals surface area contributed by atoms with Gasteiger partial charge in [0, 0.05) is 6.20 Å². The number of rotatable bonds is 4. The average Bonchev–Trinajstić information content (AvgIpc) is 2.83. The Bertz CT molecular complexity index is 722. The van der Waals surface area contributed by atoms with Crippen LogP contribution in [0, 0.1) is 0 Å². The van der Waals surface area contributed by atoms with Crippen molar-refractivity contribution in [2.45, 2.75) is 4.90 Å². The Kier molecular flexibility index (Phi) is 4.59. The van der Waals surface area contributed by atoms with Crippen molar-refractivity contribution in [1.29, 1.82) is 0 Å². The second kappa shape index (κ2) is 6.05. The van der Waals surface area contributed by atoms with Crippen LogP contribution in [0.5, 0.6) is 0 Å². The normalized spacial score (nSPS) is 12.9. The van der Waals surface area contributed by atoms with E-state index in [1.807, 2.05) is 14.1 Å². The maximum atomic E-state index is 12.7. The molecule has 7 heteroatoms. The molecule has 0 saturated carbocycles. The minimum atomic E-state index is -3.58. The van der Waals surface area contributed by atoms with Crippen molar-refractivity contribution in [3.05, 3.63) is 52.1 Å². The predicted molar refractivity (Wildman–Crippen MR) is 81.5 cm³/mol. The smallest absolute Gasteiger partial charge is 0.213 e. The molecule has 0 aliphatic rings. The second-order valence-electron chi connectivity index (χ2n) is 4.38. The van der Waals surface area contributed by atoms with E-state index in [-0.39, 0.29) is 9.80 Å². The van der Waals surface area contributed by atoms with Crippen LogP contribution in [0.4, 0.5) is 0 Å². The van der Waals surface area contributed by atoms with Gasteiger partial charge in [-0.25, -0.2) is 13.4 Å².